The lowest BCUT2D eigenvalue weighted by molar-refractivity contribution is -0.123. The number of halogens is 1. The van der Waals surface area contributed by atoms with Crippen LogP contribution in [0.2, 0.25) is 5.02 Å². The van der Waals surface area contributed by atoms with E-state index in [0.717, 1.165) is 5.56 Å². The van der Waals surface area contributed by atoms with Gasteiger partial charge in [-0.1, -0.05) is 11.6 Å². The average Bonchev–Trinajstić information content (AvgIpc) is 3.01. The lowest BCUT2D eigenvalue weighted by Crippen LogP contribution is -2.24. The van der Waals surface area contributed by atoms with Gasteiger partial charge in [-0.3, -0.25) is 4.79 Å². The van der Waals surface area contributed by atoms with Crippen molar-refractivity contribution in [3.63, 3.8) is 0 Å². The Kier molecular flexibility index (Phi) is 5.80. The van der Waals surface area contributed by atoms with Crippen LogP contribution in [0.5, 0.6) is 5.75 Å². The van der Waals surface area contributed by atoms with Crippen molar-refractivity contribution in [1.29, 1.82) is 0 Å². The maximum absolute atomic E-state index is 11.5. The Bertz CT molecular complexity index is 679. The standard InChI is InChI=1S/C16H15ClN2O3/c1-12-10-14(6-7-15(12)17)22-11-16(20)19-18-8-2-4-13-5-3-9-21-13/h2-10H,11H2,1H3,(H,19,20)/b4-2+,18-8-. The number of amides is 1. The van der Waals surface area contributed by atoms with E-state index in [1.807, 2.05) is 13.0 Å². The van der Waals surface area contributed by atoms with Gasteiger partial charge in [0.2, 0.25) is 0 Å². The molecule has 1 N–H and O–H groups in total. The van der Waals surface area contributed by atoms with Crippen molar-refractivity contribution in [2.24, 2.45) is 5.10 Å². The first-order valence-electron chi connectivity index (χ1n) is 6.56. The summed E-state index contributed by atoms with van der Waals surface area (Å²) in [6.07, 6.45) is 6.41. The van der Waals surface area contributed by atoms with Gasteiger partial charge < -0.3 is 9.15 Å². The molecule has 114 valence electrons. The van der Waals surface area contributed by atoms with E-state index in [1.165, 1.54) is 6.21 Å². The predicted molar refractivity (Wildman–Crippen MR) is 86.1 cm³/mol. The van der Waals surface area contributed by atoms with Crippen molar-refractivity contribution < 1.29 is 13.9 Å². The first-order valence-corrected chi connectivity index (χ1v) is 6.94. The van der Waals surface area contributed by atoms with Gasteiger partial charge in [-0.25, -0.2) is 5.43 Å². The molecule has 6 heteroatoms. The summed E-state index contributed by atoms with van der Waals surface area (Å²) in [4.78, 5) is 11.5. The molecule has 0 saturated heterocycles. The molecular formula is C16H15ClN2O3. The van der Waals surface area contributed by atoms with Crippen LogP contribution in [0.25, 0.3) is 6.08 Å². The number of ether oxygens (including phenoxy) is 1. The first kappa shape index (κ1) is 15.9. The van der Waals surface area contributed by atoms with Crippen LogP contribution in [0.15, 0.2) is 52.2 Å². The molecule has 0 radical (unpaired) electrons. The van der Waals surface area contributed by atoms with Crippen molar-refractivity contribution >= 4 is 29.8 Å². The number of hydrazone groups is 1. The van der Waals surface area contributed by atoms with Gasteiger partial charge in [0, 0.05) is 11.2 Å². The van der Waals surface area contributed by atoms with E-state index in [9.17, 15) is 4.79 Å². The van der Waals surface area contributed by atoms with Gasteiger partial charge >= 0.3 is 0 Å². The molecule has 1 aromatic carbocycles. The van der Waals surface area contributed by atoms with Crippen LogP contribution in [-0.2, 0) is 4.79 Å². The molecular weight excluding hydrogens is 304 g/mol. The van der Waals surface area contributed by atoms with Crippen LogP contribution in [-0.4, -0.2) is 18.7 Å². The summed E-state index contributed by atoms with van der Waals surface area (Å²) in [7, 11) is 0. The molecule has 2 aromatic rings. The molecule has 0 fully saturated rings. The number of aryl methyl sites for hydroxylation is 1. The lowest BCUT2D eigenvalue weighted by Gasteiger charge is -2.06. The lowest BCUT2D eigenvalue weighted by atomic mass is 10.2. The van der Waals surface area contributed by atoms with Crippen molar-refractivity contribution in [1.82, 2.24) is 5.43 Å². The van der Waals surface area contributed by atoms with Gasteiger partial charge in [0.15, 0.2) is 6.61 Å². The van der Waals surface area contributed by atoms with E-state index in [2.05, 4.69) is 10.5 Å². The second kappa shape index (κ2) is 8.05. The zero-order valence-corrected chi connectivity index (χ0v) is 12.7. The number of hydrogen-bond acceptors (Lipinski definition) is 4. The van der Waals surface area contributed by atoms with Crippen LogP contribution >= 0.6 is 11.6 Å². The van der Waals surface area contributed by atoms with E-state index in [0.29, 0.717) is 16.5 Å². The minimum atomic E-state index is -0.352. The second-order valence-corrected chi connectivity index (χ2v) is 4.79. The summed E-state index contributed by atoms with van der Waals surface area (Å²) in [5, 5.41) is 4.42. The predicted octanol–water partition coefficient (Wildman–Crippen LogP) is 3.44. The van der Waals surface area contributed by atoms with Gasteiger partial charge in [-0.15, -0.1) is 0 Å². The van der Waals surface area contributed by atoms with E-state index < -0.39 is 0 Å². The topological polar surface area (TPSA) is 63.8 Å². The number of furan rings is 1. The average molecular weight is 319 g/mol. The number of benzene rings is 1. The summed E-state index contributed by atoms with van der Waals surface area (Å²) in [6, 6.07) is 8.80. The molecule has 0 unspecified atom stereocenters. The molecule has 0 aliphatic rings. The molecule has 0 spiro atoms. The van der Waals surface area contributed by atoms with E-state index in [4.69, 9.17) is 20.8 Å². The molecule has 1 amide bonds. The second-order valence-electron chi connectivity index (χ2n) is 4.39. The summed E-state index contributed by atoms with van der Waals surface area (Å²) in [6.45, 7) is 1.74. The smallest absolute Gasteiger partial charge is 0.277 e. The van der Waals surface area contributed by atoms with Gasteiger partial charge in [-0.2, -0.15) is 5.10 Å². The van der Waals surface area contributed by atoms with Crippen LogP contribution < -0.4 is 10.2 Å². The molecule has 0 atom stereocenters. The fourth-order valence-electron chi connectivity index (χ4n) is 1.56. The highest BCUT2D eigenvalue weighted by Gasteiger charge is 2.02. The van der Waals surface area contributed by atoms with Crippen LogP contribution in [0.1, 0.15) is 11.3 Å². The van der Waals surface area contributed by atoms with Crippen LogP contribution in [0.3, 0.4) is 0 Å². The van der Waals surface area contributed by atoms with Gasteiger partial charge in [0.05, 0.1) is 6.26 Å². The summed E-state index contributed by atoms with van der Waals surface area (Å²) >= 11 is 5.91. The number of carbonyl (C=O) groups is 1. The minimum absolute atomic E-state index is 0.125. The third-order valence-electron chi connectivity index (χ3n) is 2.65. The molecule has 0 saturated carbocycles. The molecule has 0 aliphatic carbocycles. The summed E-state index contributed by atoms with van der Waals surface area (Å²) in [5.41, 5.74) is 3.25. The van der Waals surface area contributed by atoms with Gasteiger partial charge in [0.25, 0.3) is 5.91 Å². The summed E-state index contributed by atoms with van der Waals surface area (Å²) < 4.78 is 10.4. The normalized spacial score (nSPS) is 11.2. The van der Waals surface area contributed by atoms with Crippen molar-refractivity contribution in [3.8, 4) is 5.75 Å². The molecule has 1 aromatic heterocycles. The molecule has 1 heterocycles. The number of nitrogens with zero attached hydrogens (tertiary/aromatic N) is 1. The molecule has 0 bridgehead atoms. The Hall–Kier alpha value is -2.53. The van der Waals surface area contributed by atoms with Crippen molar-refractivity contribution in [3.05, 3.63) is 59.0 Å². The maximum atomic E-state index is 11.5. The SMILES string of the molecule is Cc1cc(OCC(=O)N/N=C\C=C\c2ccco2)ccc1Cl. The number of hydrogen-bond donors (Lipinski definition) is 1. The number of nitrogens with one attached hydrogen (secondary N) is 1. The Morgan fingerprint density at radius 2 is 2.32 bits per heavy atom. The zero-order valence-electron chi connectivity index (χ0n) is 12.0. The highest BCUT2D eigenvalue weighted by atomic mass is 35.5. The van der Waals surface area contributed by atoms with Gasteiger partial charge in [0.1, 0.15) is 11.5 Å². The summed E-state index contributed by atoms with van der Waals surface area (Å²) in [5.74, 6) is 0.938. The Balaban J connectivity index is 1.72. The van der Waals surface area contributed by atoms with Crippen molar-refractivity contribution in [2.45, 2.75) is 6.92 Å². The monoisotopic (exact) mass is 318 g/mol. The highest BCUT2D eigenvalue weighted by Crippen LogP contribution is 2.20. The third-order valence-corrected chi connectivity index (χ3v) is 3.08. The molecule has 2 rings (SSSR count). The largest absolute Gasteiger partial charge is 0.484 e. The number of allylic oxidation sites excluding steroid dienone is 1. The fourth-order valence-corrected chi connectivity index (χ4v) is 1.68. The Morgan fingerprint density at radius 1 is 1.45 bits per heavy atom. The molecule has 22 heavy (non-hydrogen) atoms. The third kappa shape index (κ3) is 5.10. The van der Waals surface area contributed by atoms with E-state index in [-0.39, 0.29) is 12.5 Å². The van der Waals surface area contributed by atoms with Crippen LogP contribution in [0.4, 0.5) is 0 Å². The fraction of sp³-hybridized carbons (Fsp3) is 0.125. The maximum Gasteiger partial charge on any atom is 0.277 e. The van der Waals surface area contributed by atoms with Crippen molar-refractivity contribution in [2.75, 3.05) is 6.61 Å². The Morgan fingerprint density at radius 3 is 3.05 bits per heavy atom. The van der Waals surface area contributed by atoms with E-state index >= 15 is 0 Å². The van der Waals surface area contributed by atoms with E-state index in [1.54, 1.807) is 42.7 Å². The van der Waals surface area contributed by atoms with Gasteiger partial charge in [-0.05, 0) is 55.0 Å². The first-order chi connectivity index (χ1) is 10.6. The zero-order chi connectivity index (χ0) is 15.8. The minimum Gasteiger partial charge on any atom is -0.484 e. The molecule has 5 nitrogen and oxygen atoms in total. The number of carbonyl (C=O) groups excluding carboxylic acids is 1. The Labute approximate surface area is 133 Å². The molecule has 0 aliphatic heterocycles. The quantitative estimate of drug-likeness (QED) is 0.655. The highest BCUT2D eigenvalue weighted by molar-refractivity contribution is 6.31. The number of rotatable bonds is 6. The van der Waals surface area contributed by atoms with Crippen LogP contribution in [0, 0.1) is 6.92 Å².